The number of alkyl halides is 3. The van der Waals surface area contributed by atoms with Crippen LogP contribution in [0.4, 0.5) is 18.9 Å². The van der Waals surface area contributed by atoms with Crippen molar-refractivity contribution in [3.63, 3.8) is 0 Å². The van der Waals surface area contributed by atoms with E-state index in [9.17, 15) is 18.0 Å². The number of aryl methyl sites for hydroxylation is 1. The molecule has 2 N–H and O–H groups in total. The molecule has 4 rings (SSSR count). The third kappa shape index (κ3) is 6.63. The van der Waals surface area contributed by atoms with Crippen molar-refractivity contribution in [2.45, 2.75) is 56.9 Å². The van der Waals surface area contributed by atoms with Crippen LogP contribution in [0.5, 0.6) is 0 Å². The lowest BCUT2D eigenvalue weighted by molar-refractivity contribution is -0.127. The van der Waals surface area contributed by atoms with Crippen molar-refractivity contribution in [1.29, 1.82) is 0 Å². The van der Waals surface area contributed by atoms with E-state index in [1.54, 1.807) is 24.1 Å². The Labute approximate surface area is 205 Å². The molecule has 0 aromatic heterocycles. The molecule has 1 amide bonds. The topological polar surface area (TPSA) is 44.4 Å². The summed E-state index contributed by atoms with van der Waals surface area (Å²) in [4.78, 5) is 13.7. The van der Waals surface area contributed by atoms with Crippen molar-refractivity contribution in [2.75, 3.05) is 18.5 Å². The summed E-state index contributed by atoms with van der Waals surface area (Å²) >= 11 is 0. The minimum absolute atomic E-state index is 0. The maximum atomic E-state index is 13.3. The average molecular weight is 504 g/mol. The van der Waals surface area contributed by atoms with Gasteiger partial charge in [0.2, 0.25) is 5.91 Å². The smallest absolute Gasteiger partial charge is 0.315 e. The molecule has 0 bridgehead atoms. The van der Waals surface area contributed by atoms with E-state index in [2.05, 4.69) is 22.8 Å². The third-order valence-electron chi connectivity index (χ3n) is 6.31. The lowest BCUT2D eigenvalue weighted by Gasteiger charge is -2.34. The van der Waals surface area contributed by atoms with Gasteiger partial charge in [0.15, 0.2) is 0 Å². The Morgan fingerprint density at radius 2 is 1.82 bits per heavy atom. The predicted octanol–water partition coefficient (Wildman–Crippen LogP) is 5.13. The molecule has 0 spiro atoms. The largest absolute Gasteiger partial charge is 0.393 e. The van der Waals surface area contributed by atoms with Crippen LogP contribution in [0.15, 0.2) is 42.5 Å². The van der Waals surface area contributed by atoms with Crippen LogP contribution >= 0.6 is 24.8 Å². The minimum Gasteiger partial charge on any atom is -0.315 e. The summed E-state index contributed by atoms with van der Waals surface area (Å²) < 4.78 is 39.8. The number of carbonyl (C=O) groups is 1. The van der Waals surface area contributed by atoms with Gasteiger partial charge >= 0.3 is 6.18 Å². The Kier molecular flexibility index (Phi) is 9.61. The second-order valence-electron chi connectivity index (χ2n) is 8.47. The van der Waals surface area contributed by atoms with Crippen molar-refractivity contribution < 1.29 is 18.0 Å². The highest BCUT2D eigenvalue weighted by Crippen LogP contribution is 2.33. The van der Waals surface area contributed by atoms with Gasteiger partial charge in [-0.3, -0.25) is 4.79 Å². The number of nitrogens with one attached hydrogen (secondary N) is 2. The number of nitrogens with zero attached hydrogens (tertiary/aromatic N) is 1. The van der Waals surface area contributed by atoms with Crippen LogP contribution in [0.3, 0.4) is 0 Å². The van der Waals surface area contributed by atoms with Gasteiger partial charge in [-0.1, -0.05) is 36.4 Å². The molecule has 2 atom stereocenters. The Hall–Kier alpha value is -1.80. The number of piperidine rings is 1. The summed E-state index contributed by atoms with van der Waals surface area (Å²) in [6, 6.07) is 13.8. The van der Waals surface area contributed by atoms with Crippen molar-refractivity contribution in [1.82, 2.24) is 10.6 Å². The zero-order valence-electron chi connectivity index (χ0n) is 18.5. The van der Waals surface area contributed by atoms with E-state index in [1.807, 2.05) is 18.2 Å². The first-order valence-corrected chi connectivity index (χ1v) is 10.8. The SMILES string of the molecule is CN1C(=O)CCc2cc(CC(F)(F)F)c(CN[C@H]3CCCN[C@H]3c3ccccc3)cc21.Cl.Cl. The van der Waals surface area contributed by atoms with E-state index in [0.29, 0.717) is 30.5 Å². The quantitative estimate of drug-likeness (QED) is 0.594. The number of benzene rings is 2. The van der Waals surface area contributed by atoms with Crippen molar-refractivity contribution in [2.24, 2.45) is 0 Å². The molecule has 2 aromatic rings. The summed E-state index contributed by atoms with van der Waals surface area (Å²) in [7, 11) is 1.69. The molecule has 2 aliphatic rings. The molecular formula is C24H30Cl2F3N3O. The van der Waals surface area contributed by atoms with E-state index in [1.165, 1.54) is 5.56 Å². The van der Waals surface area contributed by atoms with E-state index in [0.717, 1.165) is 30.6 Å². The molecule has 2 heterocycles. The minimum atomic E-state index is -4.28. The molecule has 0 radical (unpaired) electrons. The van der Waals surface area contributed by atoms with Gasteiger partial charge < -0.3 is 15.5 Å². The summed E-state index contributed by atoms with van der Waals surface area (Å²) in [5.41, 5.74) is 3.61. The average Bonchev–Trinajstić information content (AvgIpc) is 2.75. The summed E-state index contributed by atoms with van der Waals surface area (Å²) in [5, 5.41) is 7.05. The fourth-order valence-electron chi connectivity index (χ4n) is 4.69. The number of hydrogen-bond donors (Lipinski definition) is 2. The van der Waals surface area contributed by atoms with Crippen LogP contribution in [0.1, 0.15) is 47.6 Å². The van der Waals surface area contributed by atoms with Crippen LogP contribution in [0.25, 0.3) is 0 Å². The summed E-state index contributed by atoms with van der Waals surface area (Å²) in [6.07, 6.45) is -2.46. The molecule has 0 aliphatic carbocycles. The zero-order valence-corrected chi connectivity index (χ0v) is 20.1. The lowest BCUT2D eigenvalue weighted by atomic mass is 9.91. The first-order chi connectivity index (χ1) is 14.8. The predicted molar refractivity (Wildman–Crippen MR) is 129 cm³/mol. The molecular weight excluding hydrogens is 474 g/mol. The fourth-order valence-corrected chi connectivity index (χ4v) is 4.69. The number of amides is 1. The third-order valence-corrected chi connectivity index (χ3v) is 6.31. The fraction of sp³-hybridized carbons (Fsp3) is 0.458. The molecule has 0 saturated carbocycles. The van der Waals surface area contributed by atoms with Crippen LogP contribution in [-0.4, -0.2) is 31.7 Å². The highest BCUT2D eigenvalue weighted by Gasteiger charge is 2.32. The normalized spacial score (nSPS) is 20.5. The Morgan fingerprint density at radius 1 is 1.09 bits per heavy atom. The van der Waals surface area contributed by atoms with Gasteiger partial charge in [-0.25, -0.2) is 0 Å². The molecule has 0 unspecified atom stereocenters. The molecule has 33 heavy (non-hydrogen) atoms. The van der Waals surface area contributed by atoms with Gasteiger partial charge in [0.1, 0.15) is 0 Å². The monoisotopic (exact) mass is 503 g/mol. The first kappa shape index (κ1) is 27.4. The summed E-state index contributed by atoms with van der Waals surface area (Å²) in [5.74, 6) is -0.00407. The van der Waals surface area contributed by atoms with E-state index in [4.69, 9.17) is 0 Å². The number of halogens is 5. The van der Waals surface area contributed by atoms with Gasteiger partial charge in [-0.05, 0) is 54.1 Å². The second kappa shape index (κ2) is 11.6. The van der Waals surface area contributed by atoms with Crippen molar-refractivity contribution >= 4 is 36.4 Å². The number of rotatable bonds is 5. The molecule has 9 heteroatoms. The number of fused-ring (bicyclic) bond motifs is 1. The Balaban J connectivity index is 0.00000193. The maximum absolute atomic E-state index is 13.3. The van der Waals surface area contributed by atoms with Crippen LogP contribution in [-0.2, 0) is 24.2 Å². The molecule has 2 aliphatic heterocycles. The standard InChI is InChI=1S/C24H28F3N3O.2ClH/c1-30-21-13-19(18(14-24(25,26)27)12-17(21)9-10-22(30)31)15-29-20-8-5-11-28-23(20)16-6-3-2-4-7-16;;/h2-4,6-7,12-13,20,23,28-29H,5,8-11,14-15H2,1H3;2*1H/t20-,23-;;/m0../s1. The van der Waals surface area contributed by atoms with E-state index >= 15 is 0 Å². The van der Waals surface area contributed by atoms with Crippen molar-refractivity contribution in [3.8, 4) is 0 Å². The number of hydrogen-bond acceptors (Lipinski definition) is 3. The Bertz CT molecular complexity index is 941. The maximum Gasteiger partial charge on any atom is 0.393 e. The highest BCUT2D eigenvalue weighted by molar-refractivity contribution is 5.96. The van der Waals surface area contributed by atoms with E-state index < -0.39 is 12.6 Å². The van der Waals surface area contributed by atoms with Gasteiger partial charge in [0.25, 0.3) is 0 Å². The Morgan fingerprint density at radius 3 is 2.52 bits per heavy atom. The molecule has 4 nitrogen and oxygen atoms in total. The second-order valence-corrected chi connectivity index (χ2v) is 8.47. The van der Waals surface area contributed by atoms with Gasteiger partial charge in [0, 0.05) is 37.8 Å². The van der Waals surface area contributed by atoms with Gasteiger partial charge in [-0.15, -0.1) is 24.8 Å². The number of anilines is 1. The van der Waals surface area contributed by atoms with Crippen molar-refractivity contribution in [3.05, 3.63) is 64.7 Å². The van der Waals surface area contributed by atoms with Gasteiger partial charge in [0.05, 0.1) is 6.42 Å². The lowest BCUT2D eigenvalue weighted by Crippen LogP contribution is -2.45. The molecule has 2 aromatic carbocycles. The highest BCUT2D eigenvalue weighted by atomic mass is 35.5. The zero-order chi connectivity index (χ0) is 22.0. The van der Waals surface area contributed by atoms with Crippen LogP contribution in [0.2, 0.25) is 0 Å². The first-order valence-electron chi connectivity index (χ1n) is 10.8. The molecule has 182 valence electrons. The van der Waals surface area contributed by atoms with Crippen LogP contribution in [0, 0.1) is 0 Å². The molecule has 1 fully saturated rings. The number of carbonyl (C=O) groups excluding carboxylic acids is 1. The summed E-state index contributed by atoms with van der Waals surface area (Å²) in [6.45, 7) is 1.25. The van der Waals surface area contributed by atoms with E-state index in [-0.39, 0.29) is 42.8 Å². The van der Waals surface area contributed by atoms with Crippen LogP contribution < -0.4 is 15.5 Å². The molecule has 1 saturated heterocycles. The van der Waals surface area contributed by atoms with Gasteiger partial charge in [-0.2, -0.15) is 13.2 Å².